The molecule has 6 heteroatoms. The van der Waals surface area contributed by atoms with Crippen molar-refractivity contribution in [1.29, 1.82) is 0 Å². The Balaban J connectivity index is 1.41. The lowest BCUT2D eigenvalue weighted by molar-refractivity contribution is 0.0974. The number of aromatic hydroxyl groups is 1. The standard InChI is InChI=1S/C32H29NO4S/c1-18(2)13-14-37-32-19(3)15-21(16-20(32)4)25-10-9-22(17-33-25)38-27-12-11-26(34)28-29(27)31(36)24-8-6-5-7-23(24)30(28)35/h5-12,15-18,34H,13-14H2,1-4H3. The zero-order chi connectivity index (χ0) is 27.0. The second-order valence-electron chi connectivity index (χ2n) is 9.99. The Kier molecular flexibility index (Phi) is 7.09. The Morgan fingerprint density at radius 2 is 1.55 bits per heavy atom. The predicted molar refractivity (Wildman–Crippen MR) is 150 cm³/mol. The molecule has 38 heavy (non-hydrogen) atoms. The minimum absolute atomic E-state index is 0.0601. The van der Waals surface area contributed by atoms with Crippen LogP contribution in [-0.2, 0) is 0 Å². The van der Waals surface area contributed by atoms with Gasteiger partial charge in [0.1, 0.15) is 11.5 Å². The first kappa shape index (κ1) is 25.7. The number of carbonyl (C=O) groups is 2. The van der Waals surface area contributed by atoms with E-state index in [-0.39, 0.29) is 28.4 Å². The Labute approximate surface area is 226 Å². The van der Waals surface area contributed by atoms with E-state index >= 15 is 0 Å². The number of nitrogens with zero attached hydrogens (tertiary/aromatic N) is 1. The fourth-order valence-corrected chi connectivity index (χ4v) is 5.65. The molecule has 0 radical (unpaired) electrons. The Bertz CT molecular complexity index is 1530. The van der Waals surface area contributed by atoms with E-state index in [4.69, 9.17) is 4.74 Å². The van der Waals surface area contributed by atoms with Gasteiger partial charge >= 0.3 is 0 Å². The molecule has 3 aromatic carbocycles. The molecular weight excluding hydrogens is 494 g/mol. The van der Waals surface area contributed by atoms with Crippen LogP contribution in [0.2, 0.25) is 0 Å². The Morgan fingerprint density at radius 3 is 2.16 bits per heavy atom. The van der Waals surface area contributed by atoms with Crippen LogP contribution in [-0.4, -0.2) is 28.3 Å². The fourth-order valence-electron chi connectivity index (χ4n) is 4.72. The number of ketones is 2. The van der Waals surface area contributed by atoms with E-state index in [1.54, 1.807) is 36.5 Å². The van der Waals surface area contributed by atoms with Crippen molar-refractivity contribution in [2.75, 3.05) is 6.61 Å². The van der Waals surface area contributed by atoms with Crippen molar-refractivity contribution < 1.29 is 19.4 Å². The van der Waals surface area contributed by atoms with Gasteiger partial charge in [-0.25, -0.2) is 0 Å². The van der Waals surface area contributed by atoms with Gasteiger partial charge in [0.2, 0.25) is 0 Å². The first-order valence-corrected chi connectivity index (χ1v) is 13.5. The summed E-state index contributed by atoms with van der Waals surface area (Å²) in [6.07, 6.45) is 2.78. The Hall–Kier alpha value is -3.90. The molecule has 1 aliphatic carbocycles. The number of aromatic nitrogens is 1. The maximum absolute atomic E-state index is 13.3. The van der Waals surface area contributed by atoms with Crippen LogP contribution in [0.15, 0.2) is 76.7 Å². The highest BCUT2D eigenvalue weighted by atomic mass is 32.2. The van der Waals surface area contributed by atoms with Gasteiger partial charge in [0.25, 0.3) is 0 Å². The third kappa shape index (κ3) is 4.84. The largest absolute Gasteiger partial charge is 0.507 e. The van der Waals surface area contributed by atoms with Crippen LogP contribution in [0.3, 0.4) is 0 Å². The first-order chi connectivity index (χ1) is 18.2. The highest BCUT2D eigenvalue weighted by Gasteiger charge is 2.34. The SMILES string of the molecule is Cc1cc(-c2ccc(Sc3ccc(O)c4c3C(=O)c3ccccc3C4=O)cn2)cc(C)c1OCCC(C)C. The molecule has 0 bridgehead atoms. The van der Waals surface area contributed by atoms with Crippen molar-refractivity contribution in [1.82, 2.24) is 4.98 Å². The number of pyridine rings is 1. The van der Waals surface area contributed by atoms with Gasteiger partial charge in [-0.2, -0.15) is 0 Å². The van der Waals surface area contributed by atoms with Crippen LogP contribution in [0.25, 0.3) is 11.3 Å². The predicted octanol–water partition coefficient (Wildman–Crippen LogP) is 7.42. The normalized spacial score (nSPS) is 12.4. The van der Waals surface area contributed by atoms with E-state index in [0.29, 0.717) is 28.5 Å². The number of aryl methyl sites for hydroxylation is 2. The molecule has 5 rings (SSSR count). The lowest BCUT2D eigenvalue weighted by Gasteiger charge is -2.20. The van der Waals surface area contributed by atoms with E-state index in [0.717, 1.165) is 39.5 Å². The van der Waals surface area contributed by atoms with Gasteiger partial charge in [-0.1, -0.05) is 49.9 Å². The number of carbonyl (C=O) groups excluding carboxylic acids is 2. The number of hydrogen-bond acceptors (Lipinski definition) is 6. The Morgan fingerprint density at radius 1 is 0.895 bits per heavy atom. The van der Waals surface area contributed by atoms with Crippen molar-refractivity contribution in [2.24, 2.45) is 5.92 Å². The second-order valence-corrected chi connectivity index (χ2v) is 11.1. The van der Waals surface area contributed by atoms with Gasteiger partial charge < -0.3 is 9.84 Å². The van der Waals surface area contributed by atoms with Gasteiger partial charge in [0.15, 0.2) is 11.6 Å². The van der Waals surface area contributed by atoms with Gasteiger partial charge in [-0.15, -0.1) is 0 Å². The highest BCUT2D eigenvalue weighted by molar-refractivity contribution is 7.99. The van der Waals surface area contributed by atoms with Crippen molar-refractivity contribution in [3.05, 3.63) is 100 Å². The summed E-state index contributed by atoms with van der Waals surface area (Å²) in [5.41, 5.74) is 4.96. The van der Waals surface area contributed by atoms with Crippen molar-refractivity contribution in [3.63, 3.8) is 0 Å². The zero-order valence-corrected chi connectivity index (χ0v) is 22.7. The first-order valence-electron chi connectivity index (χ1n) is 12.7. The molecule has 1 aliphatic rings. The monoisotopic (exact) mass is 523 g/mol. The quantitative estimate of drug-likeness (QED) is 0.239. The average Bonchev–Trinajstić information content (AvgIpc) is 2.90. The van der Waals surface area contributed by atoms with Gasteiger partial charge in [0.05, 0.1) is 23.4 Å². The molecule has 0 fully saturated rings. The summed E-state index contributed by atoms with van der Waals surface area (Å²) in [5.74, 6) is 0.732. The number of rotatable bonds is 7. The molecule has 5 nitrogen and oxygen atoms in total. The van der Waals surface area contributed by atoms with Gasteiger partial charge in [0, 0.05) is 32.7 Å². The summed E-state index contributed by atoms with van der Waals surface area (Å²) < 4.78 is 6.05. The number of hydrogen-bond donors (Lipinski definition) is 1. The fraction of sp³-hybridized carbons (Fsp3) is 0.219. The zero-order valence-electron chi connectivity index (χ0n) is 21.9. The lowest BCUT2D eigenvalue weighted by Crippen LogP contribution is -2.21. The maximum Gasteiger partial charge on any atom is 0.198 e. The van der Waals surface area contributed by atoms with E-state index in [9.17, 15) is 14.7 Å². The molecule has 1 N–H and O–H groups in total. The minimum atomic E-state index is -0.342. The molecule has 4 aromatic rings. The second kappa shape index (κ2) is 10.5. The number of fused-ring (bicyclic) bond motifs is 2. The summed E-state index contributed by atoms with van der Waals surface area (Å²) >= 11 is 1.35. The van der Waals surface area contributed by atoms with E-state index < -0.39 is 0 Å². The molecule has 0 saturated heterocycles. The third-order valence-electron chi connectivity index (χ3n) is 6.68. The smallest absolute Gasteiger partial charge is 0.198 e. The molecular formula is C32H29NO4S. The number of phenolic OH excluding ortho intramolecular Hbond substituents is 1. The molecule has 0 spiro atoms. The molecule has 1 aromatic heterocycles. The van der Waals surface area contributed by atoms with Crippen LogP contribution in [0.4, 0.5) is 0 Å². The minimum Gasteiger partial charge on any atom is -0.507 e. The number of benzene rings is 3. The van der Waals surface area contributed by atoms with Crippen LogP contribution < -0.4 is 4.74 Å². The summed E-state index contributed by atoms with van der Waals surface area (Å²) in [6, 6.07) is 17.9. The van der Waals surface area contributed by atoms with E-state index in [1.807, 2.05) is 12.1 Å². The van der Waals surface area contributed by atoms with Crippen molar-refractivity contribution >= 4 is 23.3 Å². The topological polar surface area (TPSA) is 76.5 Å². The summed E-state index contributed by atoms with van der Waals surface area (Å²) in [7, 11) is 0. The van der Waals surface area contributed by atoms with Gasteiger partial charge in [-0.3, -0.25) is 14.6 Å². The lowest BCUT2D eigenvalue weighted by atomic mass is 9.83. The molecule has 0 unspecified atom stereocenters. The molecule has 192 valence electrons. The van der Waals surface area contributed by atoms with Crippen molar-refractivity contribution in [2.45, 2.75) is 43.9 Å². The molecule has 0 atom stereocenters. The number of ether oxygens (including phenoxy) is 1. The van der Waals surface area contributed by atoms with Crippen LogP contribution in [0, 0.1) is 19.8 Å². The molecule has 0 amide bonds. The summed E-state index contributed by atoms with van der Waals surface area (Å²) in [4.78, 5) is 32.6. The third-order valence-corrected chi connectivity index (χ3v) is 7.71. The van der Waals surface area contributed by atoms with E-state index in [2.05, 4.69) is 44.8 Å². The molecule has 1 heterocycles. The van der Waals surface area contributed by atoms with Gasteiger partial charge in [-0.05, 0) is 73.7 Å². The average molecular weight is 524 g/mol. The van der Waals surface area contributed by atoms with Crippen LogP contribution >= 0.6 is 11.8 Å². The summed E-state index contributed by atoms with van der Waals surface area (Å²) in [5, 5.41) is 10.5. The highest BCUT2D eigenvalue weighted by Crippen LogP contribution is 2.41. The van der Waals surface area contributed by atoms with Crippen molar-refractivity contribution in [3.8, 4) is 22.8 Å². The summed E-state index contributed by atoms with van der Waals surface area (Å²) in [6.45, 7) is 9.17. The van der Waals surface area contributed by atoms with Crippen LogP contribution in [0.1, 0.15) is 63.2 Å². The van der Waals surface area contributed by atoms with E-state index in [1.165, 1.54) is 17.8 Å². The maximum atomic E-state index is 13.3. The number of phenols is 1. The molecule has 0 aliphatic heterocycles. The van der Waals surface area contributed by atoms with Crippen LogP contribution in [0.5, 0.6) is 11.5 Å². The molecule has 0 saturated carbocycles.